The van der Waals surface area contributed by atoms with Gasteiger partial charge in [-0.25, -0.2) is 8.42 Å². The molecule has 5 nitrogen and oxygen atoms in total. The summed E-state index contributed by atoms with van der Waals surface area (Å²) in [5.74, 6) is -0.201. The van der Waals surface area contributed by atoms with Crippen LogP contribution in [0.15, 0.2) is 47.4 Å². The molecule has 2 aromatic rings. The number of halogens is 2. The van der Waals surface area contributed by atoms with E-state index in [-0.39, 0.29) is 17.2 Å². The molecule has 140 valence electrons. The molecule has 0 aromatic heterocycles. The van der Waals surface area contributed by atoms with E-state index in [1.165, 1.54) is 28.6 Å². The Morgan fingerprint density at radius 2 is 1.54 bits per heavy atom. The first kappa shape index (κ1) is 20.7. The molecule has 0 saturated heterocycles. The van der Waals surface area contributed by atoms with Crippen LogP contribution in [0.2, 0.25) is 10.0 Å². The quantitative estimate of drug-likeness (QED) is 0.653. The summed E-state index contributed by atoms with van der Waals surface area (Å²) in [6, 6.07) is 11.0. The molecule has 0 aliphatic carbocycles. The lowest BCUT2D eigenvalue weighted by Gasteiger charge is -2.18. The molecule has 0 amide bonds. The molecule has 1 N–H and O–H groups in total. The third-order valence-electron chi connectivity index (χ3n) is 3.91. The van der Waals surface area contributed by atoms with Gasteiger partial charge in [0.2, 0.25) is 10.0 Å². The molecular weight excluding hydrogens is 395 g/mol. The molecule has 2 rings (SSSR count). The number of ketones is 1. The van der Waals surface area contributed by atoms with E-state index in [0.717, 1.165) is 0 Å². The summed E-state index contributed by atoms with van der Waals surface area (Å²) < 4.78 is 26.3. The zero-order valence-corrected chi connectivity index (χ0v) is 16.8. The highest BCUT2D eigenvalue weighted by Crippen LogP contribution is 2.29. The fourth-order valence-corrected chi connectivity index (χ4v) is 4.45. The van der Waals surface area contributed by atoms with Gasteiger partial charge in [0.15, 0.2) is 5.78 Å². The highest BCUT2D eigenvalue weighted by Gasteiger charge is 2.21. The number of sulfonamides is 1. The highest BCUT2D eigenvalue weighted by atomic mass is 35.5. The van der Waals surface area contributed by atoms with Crippen molar-refractivity contribution in [2.75, 3.05) is 25.0 Å². The maximum atomic E-state index is 12.5. The minimum absolute atomic E-state index is 0.00834. The summed E-state index contributed by atoms with van der Waals surface area (Å²) in [7, 11) is -3.54. The number of anilines is 1. The van der Waals surface area contributed by atoms with Crippen molar-refractivity contribution in [1.82, 2.24) is 4.31 Å². The lowest BCUT2D eigenvalue weighted by molar-refractivity contribution is 0.101. The zero-order valence-electron chi connectivity index (χ0n) is 14.5. The third-order valence-corrected chi connectivity index (χ3v) is 6.60. The van der Waals surface area contributed by atoms with E-state index in [2.05, 4.69) is 5.32 Å². The van der Waals surface area contributed by atoms with Crippen LogP contribution < -0.4 is 5.32 Å². The highest BCUT2D eigenvalue weighted by molar-refractivity contribution is 7.89. The van der Waals surface area contributed by atoms with Crippen molar-refractivity contribution in [1.29, 1.82) is 0 Å². The van der Waals surface area contributed by atoms with Gasteiger partial charge in [-0.1, -0.05) is 43.1 Å². The molecule has 0 aliphatic rings. The predicted molar refractivity (Wildman–Crippen MR) is 106 cm³/mol. The minimum atomic E-state index is -3.54. The smallest absolute Gasteiger partial charge is 0.243 e. The average molecular weight is 415 g/mol. The summed E-state index contributed by atoms with van der Waals surface area (Å²) >= 11 is 12.1. The van der Waals surface area contributed by atoms with E-state index >= 15 is 0 Å². The van der Waals surface area contributed by atoms with Crippen LogP contribution in [0.1, 0.15) is 24.2 Å². The number of rotatable bonds is 8. The van der Waals surface area contributed by atoms with Crippen molar-refractivity contribution < 1.29 is 13.2 Å². The monoisotopic (exact) mass is 414 g/mol. The Morgan fingerprint density at radius 3 is 2.04 bits per heavy atom. The number of carbonyl (C=O) groups is 1. The number of carbonyl (C=O) groups excluding carboxylic acids is 1. The second kappa shape index (κ2) is 8.86. The normalized spacial score (nSPS) is 11.6. The summed E-state index contributed by atoms with van der Waals surface area (Å²) in [5, 5.41) is 3.77. The average Bonchev–Trinajstić information content (AvgIpc) is 2.62. The molecular formula is C18H20Cl2N2O3S. The second-order valence-corrected chi connectivity index (χ2v) is 8.24. The molecule has 0 unspecified atom stereocenters. The number of benzene rings is 2. The van der Waals surface area contributed by atoms with Crippen LogP contribution in [-0.4, -0.2) is 38.1 Å². The number of nitrogens with one attached hydrogen (secondary N) is 1. The summed E-state index contributed by atoms with van der Waals surface area (Å²) in [6.45, 7) is 4.34. The Hall–Kier alpha value is -1.60. The summed E-state index contributed by atoms with van der Waals surface area (Å²) in [6.07, 6.45) is 0. The van der Waals surface area contributed by atoms with Crippen molar-refractivity contribution in [3.8, 4) is 0 Å². The second-order valence-electron chi connectivity index (χ2n) is 5.49. The van der Waals surface area contributed by atoms with E-state index in [1.54, 1.807) is 32.0 Å². The first-order chi connectivity index (χ1) is 12.3. The van der Waals surface area contributed by atoms with Crippen molar-refractivity contribution in [3.05, 3.63) is 58.1 Å². The van der Waals surface area contributed by atoms with Crippen LogP contribution in [0.3, 0.4) is 0 Å². The summed E-state index contributed by atoms with van der Waals surface area (Å²) in [5.41, 5.74) is 0.893. The SMILES string of the molecule is CCN(CC)S(=O)(=O)c1ccc(C(=O)CNc2c(Cl)cccc2Cl)cc1. The lowest BCUT2D eigenvalue weighted by Crippen LogP contribution is -2.30. The van der Waals surface area contributed by atoms with Gasteiger partial charge in [0.05, 0.1) is 27.2 Å². The molecule has 8 heteroatoms. The zero-order chi connectivity index (χ0) is 19.3. The van der Waals surface area contributed by atoms with Crippen molar-refractivity contribution >= 4 is 44.7 Å². The lowest BCUT2D eigenvalue weighted by atomic mass is 10.1. The van der Waals surface area contributed by atoms with Crippen LogP contribution in [0.5, 0.6) is 0 Å². The minimum Gasteiger partial charge on any atom is -0.375 e. The Balaban J connectivity index is 2.12. The molecule has 0 heterocycles. The van der Waals surface area contributed by atoms with Crippen LogP contribution in [0, 0.1) is 0 Å². The van der Waals surface area contributed by atoms with Gasteiger partial charge in [-0.3, -0.25) is 4.79 Å². The molecule has 0 aliphatic heterocycles. The first-order valence-corrected chi connectivity index (χ1v) is 10.3. The first-order valence-electron chi connectivity index (χ1n) is 8.12. The maximum Gasteiger partial charge on any atom is 0.243 e. The Labute approximate surface area is 164 Å². The van der Waals surface area contributed by atoms with E-state index in [0.29, 0.717) is 34.4 Å². The molecule has 0 fully saturated rings. The number of nitrogens with zero attached hydrogens (tertiary/aromatic N) is 1. The van der Waals surface area contributed by atoms with Crippen LogP contribution in [-0.2, 0) is 10.0 Å². The molecule has 0 radical (unpaired) electrons. The van der Waals surface area contributed by atoms with Gasteiger partial charge >= 0.3 is 0 Å². The van der Waals surface area contributed by atoms with Gasteiger partial charge in [0, 0.05) is 18.7 Å². The molecule has 0 atom stereocenters. The van der Waals surface area contributed by atoms with Crippen molar-refractivity contribution in [3.63, 3.8) is 0 Å². The molecule has 0 bridgehead atoms. The maximum absolute atomic E-state index is 12.5. The van der Waals surface area contributed by atoms with Gasteiger partial charge in [-0.15, -0.1) is 0 Å². The van der Waals surface area contributed by atoms with Gasteiger partial charge in [0.1, 0.15) is 0 Å². The molecule has 0 saturated carbocycles. The number of hydrogen-bond acceptors (Lipinski definition) is 4. The van der Waals surface area contributed by atoms with Gasteiger partial charge in [-0.2, -0.15) is 4.31 Å². The van der Waals surface area contributed by atoms with E-state index in [4.69, 9.17) is 23.2 Å². The molecule has 26 heavy (non-hydrogen) atoms. The van der Waals surface area contributed by atoms with Gasteiger partial charge < -0.3 is 5.32 Å². The van der Waals surface area contributed by atoms with Crippen LogP contribution in [0.25, 0.3) is 0 Å². The largest absolute Gasteiger partial charge is 0.375 e. The Kier molecular flexibility index (Phi) is 7.06. The Morgan fingerprint density at radius 1 is 1.00 bits per heavy atom. The predicted octanol–water partition coefficient (Wildman–Crippen LogP) is 4.32. The fourth-order valence-electron chi connectivity index (χ4n) is 2.46. The van der Waals surface area contributed by atoms with Crippen molar-refractivity contribution in [2.45, 2.75) is 18.7 Å². The Bertz CT molecular complexity index is 860. The fraction of sp³-hybridized carbons (Fsp3) is 0.278. The van der Waals surface area contributed by atoms with Crippen LogP contribution >= 0.6 is 23.2 Å². The van der Waals surface area contributed by atoms with Gasteiger partial charge in [-0.05, 0) is 36.4 Å². The van der Waals surface area contributed by atoms with E-state index in [9.17, 15) is 13.2 Å². The van der Waals surface area contributed by atoms with Crippen LogP contribution in [0.4, 0.5) is 5.69 Å². The number of para-hydroxylation sites is 1. The number of hydrogen-bond donors (Lipinski definition) is 1. The van der Waals surface area contributed by atoms with Crippen molar-refractivity contribution in [2.24, 2.45) is 0 Å². The van der Waals surface area contributed by atoms with E-state index in [1.807, 2.05) is 0 Å². The summed E-state index contributed by atoms with van der Waals surface area (Å²) in [4.78, 5) is 12.5. The van der Waals surface area contributed by atoms with E-state index < -0.39 is 10.0 Å². The third kappa shape index (κ3) is 4.57. The topological polar surface area (TPSA) is 66.5 Å². The number of Topliss-reactive ketones (excluding diaryl/α,β-unsaturated/α-hetero) is 1. The standard InChI is InChI=1S/C18H20Cl2N2O3S/c1-3-22(4-2)26(24,25)14-10-8-13(9-11-14)17(23)12-21-18-15(19)6-5-7-16(18)20/h5-11,21H,3-4,12H2,1-2H3. The molecule has 2 aromatic carbocycles. The molecule has 0 spiro atoms. The van der Waals surface area contributed by atoms with Gasteiger partial charge in [0.25, 0.3) is 0 Å².